The Morgan fingerprint density at radius 1 is 1.33 bits per heavy atom. The largest absolute Gasteiger partial charge is 0.503 e. The number of nitrogens with zero attached hydrogens (tertiary/aromatic N) is 1. The van der Waals surface area contributed by atoms with Crippen LogP contribution in [0.5, 0.6) is 11.5 Å². The lowest BCUT2D eigenvalue weighted by Gasteiger charge is -2.26. The first-order chi connectivity index (χ1) is 8.53. The number of phenolic OH excluding ortho intramolecular Hbond substituents is 1. The summed E-state index contributed by atoms with van der Waals surface area (Å²) in [7, 11) is 3.63. The number of halogens is 1. The highest BCUT2D eigenvalue weighted by Crippen LogP contribution is 2.35. The van der Waals surface area contributed by atoms with Gasteiger partial charge < -0.3 is 9.84 Å². The summed E-state index contributed by atoms with van der Waals surface area (Å²) in [4.78, 5) is 2.29. The Kier molecular flexibility index (Phi) is 5.76. The molecule has 3 nitrogen and oxygen atoms in total. The molecule has 0 bridgehead atoms. The zero-order valence-corrected chi connectivity index (χ0v) is 12.3. The average molecular weight is 272 g/mol. The molecule has 0 saturated carbocycles. The second-order valence-electron chi connectivity index (χ2n) is 4.51. The fourth-order valence-electron chi connectivity index (χ4n) is 2.20. The van der Waals surface area contributed by atoms with Crippen LogP contribution in [0.2, 0.25) is 5.02 Å². The summed E-state index contributed by atoms with van der Waals surface area (Å²) in [5.41, 5.74) is 1.05. The molecule has 18 heavy (non-hydrogen) atoms. The van der Waals surface area contributed by atoms with Gasteiger partial charge in [-0.2, -0.15) is 0 Å². The van der Waals surface area contributed by atoms with E-state index in [1.54, 1.807) is 6.07 Å². The molecule has 4 heteroatoms. The van der Waals surface area contributed by atoms with Gasteiger partial charge in [0.1, 0.15) is 0 Å². The van der Waals surface area contributed by atoms with Crippen LogP contribution in [-0.4, -0.2) is 30.2 Å². The van der Waals surface area contributed by atoms with Crippen molar-refractivity contribution in [3.8, 4) is 11.5 Å². The number of rotatable bonds is 6. The SMILES string of the molecule is CCC(CC)N(C)Cc1cc(Cl)c(O)c(OC)c1. The van der Waals surface area contributed by atoms with Gasteiger partial charge in [-0.25, -0.2) is 0 Å². The van der Waals surface area contributed by atoms with E-state index < -0.39 is 0 Å². The summed E-state index contributed by atoms with van der Waals surface area (Å²) in [6.45, 7) is 5.17. The minimum absolute atomic E-state index is 0.00750. The standard InChI is InChI=1S/C14H22ClNO2/c1-5-11(6-2)16(3)9-10-7-12(15)14(17)13(8-10)18-4/h7-8,11,17H,5-6,9H2,1-4H3. The summed E-state index contributed by atoms with van der Waals surface area (Å²) >= 11 is 5.98. The third-order valence-electron chi connectivity index (χ3n) is 3.31. The van der Waals surface area contributed by atoms with E-state index in [1.807, 2.05) is 6.07 Å². The molecule has 0 fully saturated rings. The van der Waals surface area contributed by atoms with E-state index in [9.17, 15) is 5.11 Å². The molecule has 0 amide bonds. The number of phenols is 1. The minimum atomic E-state index is 0.00750. The van der Waals surface area contributed by atoms with Crippen LogP contribution in [0.1, 0.15) is 32.3 Å². The van der Waals surface area contributed by atoms with E-state index in [0.717, 1.165) is 24.9 Å². The zero-order valence-electron chi connectivity index (χ0n) is 11.5. The lowest BCUT2D eigenvalue weighted by atomic mass is 10.1. The smallest absolute Gasteiger partial charge is 0.176 e. The minimum Gasteiger partial charge on any atom is -0.503 e. The second kappa shape index (κ2) is 6.86. The molecular weight excluding hydrogens is 250 g/mol. The van der Waals surface area contributed by atoms with Gasteiger partial charge in [0.15, 0.2) is 11.5 Å². The molecule has 0 heterocycles. The van der Waals surface area contributed by atoms with Gasteiger partial charge in [0.05, 0.1) is 12.1 Å². The van der Waals surface area contributed by atoms with Crippen LogP contribution in [0.3, 0.4) is 0 Å². The van der Waals surface area contributed by atoms with Gasteiger partial charge in [0.2, 0.25) is 0 Å². The molecule has 0 radical (unpaired) electrons. The fraction of sp³-hybridized carbons (Fsp3) is 0.571. The number of methoxy groups -OCH3 is 1. The number of ether oxygens (including phenoxy) is 1. The van der Waals surface area contributed by atoms with Crippen molar-refractivity contribution in [2.75, 3.05) is 14.2 Å². The average Bonchev–Trinajstić information content (AvgIpc) is 2.35. The summed E-state index contributed by atoms with van der Waals surface area (Å²) in [6, 6.07) is 4.18. The predicted octanol–water partition coefficient (Wildman–Crippen LogP) is 3.67. The highest BCUT2D eigenvalue weighted by Gasteiger charge is 2.14. The van der Waals surface area contributed by atoms with Crippen LogP contribution in [0, 0.1) is 0 Å². The third-order valence-corrected chi connectivity index (χ3v) is 3.59. The predicted molar refractivity (Wildman–Crippen MR) is 75.5 cm³/mol. The number of hydrogen-bond acceptors (Lipinski definition) is 3. The Morgan fingerprint density at radius 2 is 1.94 bits per heavy atom. The Labute approximate surface area is 114 Å². The van der Waals surface area contributed by atoms with Crippen LogP contribution < -0.4 is 4.74 Å². The van der Waals surface area contributed by atoms with Crippen molar-refractivity contribution >= 4 is 11.6 Å². The Hall–Kier alpha value is -0.930. The zero-order chi connectivity index (χ0) is 13.7. The van der Waals surface area contributed by atoms with Crippen molar-refractivity contribution in [2.45, 2.75) is 39.3 Å². The molecule has 0 saturated heterocycles. The monoisotopic (exact) mass is 271 g/mol. The number of benzene rings is 1. The Balaban J connectivity index is 2.88. The van der Waals surface area contributed by atoms with Gasteiger partial charge in [-0.3, -0.25) is 4.90 Å². The van der Waals surface area contributed by atoms with Crippen LogP contribution >= 0.6 is 11.6 Å². The van der Waals surface area contributed by atoms with Gasteiger partial charge in [0, 0.05) is 12.6 Å². The topological polar surface area (TPSA) is 32.7 Å². The summed E-state index contributed by atoms with van der Waals surface area (Å²) in [5, 5.41) is 10.0. The Bertz CT molecular complexity index is 392. The molecule has 0 atom stereocenters. The normalized spacial score (nSPS) is 11.3. The van der Waals surface area contributed by atoms with Crippen molar-refractivity contribution < 1.29 is 9.84 Å². The molecule has 102 valence electrons. The first-order valence-corrected chi connectivity index (χ1v) is 6.66. The van der Waals surface area contributed by atoms with Crippen LogP contribution in [0.4, 0.5) is 0 Å². The molecular formula is C14H22ClNO2. The highest BCUT2D eigenvalue weighted by molar-refractivity contribution is 6.32. The van der Waals surface area contributed by atoms with E-state index in [2.05, 4.69) is 25.8 Å². The third kappa shape index (κ3) is 3.53. The van der Waals surface area contributed by atoms with Crippen molar-refractivity contribution in [1.29, 1.82) is 0 Å². The van der Waals surface area contributed by atoms with Gasteiger partial charge in [-0.1, -0.05) is 25.4 Å². The molecule has 0 spiro atoms. The first-order valence-electron chi connectivity index (χ1n) is 6.29. The van der Waals surface area contributed by atoms with E-state index in [1.165, 1.54) is 7.11 Å². The molecule has 1 aromatic carbocycles. The van der Waals surface area contributed by atoms with Crippen LogP contribution in [-0.2, 0) is 6.54 Å². The number of aromatic hydroxyl groups is 1. The second-order valence-corrected chi connectivity index (χ2v) is 4.92. The van der Waals surface area contributed by atoms with Crippen LogP contribution in [0.25, 0.3) is 0 Å². The van der Waals surface area contributed by atoms with Gasteiger partial charge in [0.25, 0.3) is 0 Å². The molecule has 1 N–H and O–H groups in total. The molecule has 0 aliphatic heterocycles. The molecule has 1 aromatic rings. The van der Waals surface area contributed by atoms with Crippen molar-refractivity contribution in [3.63, 3.8) is 0 Å². The molecule has 0 aliphatic carbocycles. The van der Waals surface area contributed by atoms with Crippen molar-refractivity contribution in [3.05, 3.63) is 22.7 Å². The summed E-state index contributed by atoms with van der Waals surface area (Å²) in [6.07, 6.45) is 2.24. The molecule has 0 unspecified atom stereocenters. The van der Waals surface area contributed by atoms with Crippen molar-refractivity contribution in [1.82, 2.24) is 4.90 Å². The van der Waals surface area contributed by atoms with E-state index in [0.29, 0.717) is 16.8 Å². The van der Waals surface area contributed by atoms with E-state index in [4.69, 9.17) is 16.3 Å². The van der Waals surface area contributed by atoms with Gasteiger partial charge >= 0.3 is 0 Å². The summed E-state index contributed by atoms with van der Waals surface area (Å²) in [5.74, 6) is 0.434. The van der Waals surface area contributed by atoms with Gasteiger partial charge in [-0.15, -0.1) is 0 Å². The highest BCUT2D eigenvalue weighted by atomic mass is 35.5. The Morgan fingerprint density at radius 3 is 2.44 bits per heavy atom. The van der Waals surface area contributed by atoms with Crippen molar-refractivity contribution in [2.24, 2.45) is 0 Å². The summed E-state index contributed by atoms with van der Waals surface area (Å²) < 4.78 is 5.11. The first kappa shape index (κ1) is 15.1. The maximum Gasteiger partial charge on any atom is 0.176 e. The maximum absolute atomic E-state index is 9.69. The fourth-order valence-corrected chi connectivity index (χ4v) is 2.44. The van der Waals surface area contributed by atoms with Gasteiger partial charge in [-0.05, 0) is 37.6 Å². The maximum atomic E-state index is 9.69. The van der Waals surface area contributed by atoms with E-state index in [-0.39, 0.29) is 5.75 Å². The number of hydrogen-bond donors (Lipinski definition) is 1. The van der Waals surface area contributed by atoms with E-state index >= 15 is 0 Å². The molecule has 0 aliphatic rings. The lowest BCUT2D eigenvalue weighted by Crippen LogP contribution is -2.29. The molecule has 0 aromatic heterocycles. The van der Waals surface area contributed by atoms with Crippen LogP contribution in [0.15, 0.2) is 12.1 Å². The quantitative estimate of drug-likeness (QED) is 0.857. The lowest BCUT2D eigenvalue weighted by molar-refractivity contribution is 0.221. The molecule has 1 rings (SSSR count).